The Morgan fingerprint density at radius 1 is 1.00 bits per heavy atom. The lowest BCUT2D eigenvalue weighted by Crippen LogP contribution is -2.27. The van der Waals surface area contributed by atoms with Crippen LogP contribution in [0.15, 0.2) is 89.6 Å². The number of allylic oxidation sites excluding steroid dienone is 9. The molecule has 0 saturated carbocycles. The maximum absolute atomic E-state index is 12.5. The van der Waals surface area contributed by atoms with Gasteiger partial charge in [-0.25, -0.2) is 16.8 Å². The van der Waals surface area contributed by atoms with Gasteiger partial charge < -0.3 is 0 Å². The van der Waals surface area contributed by atoms with Gasteiger partial charge in [0.25, 0.3) is 10.0 Å². The molecule has 1 aromatic carbocycles. The Bertz CT molecular complexity index is 1240. The molecule has 0 bridgehead atoms. The van der Waals surface area contributed by atoms with Gasteiger partial charge in [0.05, 0.1) is 16.8 Å². The Hall–Kier alpha value is -2.84. The van der Waals surface area contributed by atoms with E-state index in [0.29, 0.717) is 17.0 Å². The normalized spacial score (nSPS) is 13.1. The maximum Gasteiger partial charge on any atom is 0.261 e. The molecule has 0 radical (unpaired) electrons. The van der Waals surface area contributed by atoms with Gasteiger partial charge in [0.15, 0.2) is 0 Å². The molecular weight excluding hydrogens is 516 g/mol. The van der Waals surface area contributed by atoms with Crippen molar-refractivity contribution in [2.45, 2.75) is 68.7 Å². The zero-order valence-corrected chi connectivity index (χ0v) is 26.5. The van der Waals surface area contributed by atoms with E-state index in [9.17, 15) is 16.8 Å². The van der Waals surface area contributed by atoms with E-state index in [-0.39, 0.29) is 5.92 Å². The Balaban J connectivity index is 0. The number of hydrogen-bond donors (Lipinski definition) is 2. The van der Waals surface area contributed by atoms with Crippen molar-refractivity contribution < 1.29 is 16.8 Å². The Labute approximate surface area is 233 Å². The molecule has 1 aromatic rings. The predicted octanol–water partition coefficient (Wildman–Crippen LogP) is 7.71. The van der Waals surface area contributed by atoms with Crippen LogP contribution in [0.3, 0.4) is 0 Å². The molecule has 0 saturated heterocycles. The molecular formula is C30H48N2O4S2. The van der Waals surface area contributed by atoms with E-state index in [1.54, 1.807) is 24.3 Å². The smallest absolute Gasteiger partial charge is 0.261 e. The van der Waals surface area contributed by atoms with Gasteiger partial charge in [0, 0.05) is 5.70 Å². The number of rotatable bonds is 7. The van der Waals surface area contributed by atoms with Crippen LogP contribution in [0.4, 0.5) is 5.69 Å². The average Bonchev–Trinajstić information content (AvgIpc) is 3.12. The van der Waals surface area contributed by atoms with Gasteiger partial charge in [-0.05, 0) is 70.2 Å². The van der Waals surface area contributed by atoms with Crippen molar-refractivity contribution in [3.05, 3.63) is 101 Å². The summed E-state index contributed by atoms with van der Waals surface area (Å²) in [6.07, 6.45) is 12.6. The maximum atomic E-state index is 12.5. The molecule has 0 fully saturated rings. The molecule has 0 spiro atoms. The van der Waals surface area contributed by atoms with E-state index < -0.39 is 20.0 Å². The zero-order chi connectivity index (χ0) is 30.1. The summed E-state index contributed by atoms with van der Waals surface area (Å²) in [4.78, 5) is 0.315. The second-order valence-electron chi connectivity index (χ2n) is 8.90. The van der Waals surface area contributed by atoms with Gasteiger partial charge in [-0.15, -0.1) is 13.2 Å². The number of nitrogens with one attached hydrogen (secondary N) is 2. The summed E-state index contributed by atoms with van der Waals surface area (Å²) in [6.45, 7) is 23.7. The van der Waals surface area contributed by atoms with Gasteiger partial charge in [-0.3, -0.25) is 9.44 Å². The van der Waals surface area contributed by atoms with Gasteiger partial charge in [-0.1, -0.05) is 81.3 Å². The molecule has 0 amide bonds. The van der Waals surface area contributed by atoms with Crippen molar-refractivity contribution in [2.75, 3.05) is 11.0 Å². The lowest BCUT2D eigenvalue weighted by molar-refractivity contribution is 0.587. The standard InChI is InChI=1S/C17H25NO2S.C9H13NO2S.C2H6.C2H4/c1-13(2)12-15(5)17(14(3)4)18-21(19,20)16-10-8-6-7-9-11-16;1-7-4-5-9(8(2)6-7)10-13(3,11)12;2*1-2/h6-8,10-12,14,18H,9H2,1-5H3;4-6,10H,1-3H3;1-2H3;1-2H2/b17-15+;;;. The third-order valence-corrected chi connectivity index (χ3v) is 6.70. The highest BCUT2D eigenvalue weighted by Crippen LogP contribution is 2.20. The molecule has 0 unspecified atom stereocenters. The minimum Gasteiger partial charge on any atom is -0.284 e. The summed E-state index contributed by atoms with van der Waals surface area (Å²) in [5, 5.41) is 0. The van der Waals surface area contributed by atoms with Gasteiger partial charge in [0.2, 0.25) is 10.0 Å². The van der Waals surface area contributed by atoms with Crippen LogP contribution in [0.5, 0.6) is 0 Å². The van der Waals surface area contributed by atoms with Crippen LogP contribution in [0.25, 0.3) is 0 Å². The number of benzene rings is 1. The minimum atomic E-state index is -3.53. The monoisotopic (exact) mass is 564 g/mol. The zero-order valence-electron chi connectivity index (χ0n) is 24.8. The molecule has 0 atom stereocenters. The second-order valence-corrected chi connectivity index (χ2v) is 12.3. The van der Waals surface area contributed by atoms with Crippen LogP contribution in [-0.4, -0.2) is 23.1 Å². The largest absolute Gasteiger partial charge is 0.284 e. The molecule has 214 valence electrons. The summed E-state index contributed by atoms with van der Waals surface area (Å²) >= 11 is 0. The lowest BCUT2D eigenvalue weighted by Gasteiger charge is -2.18. The van der Waals surface area contributed by atoms with E-state index >= 15 is 0 Å². The van der Waals surface area contributed by atoms with Crippen LogP contribution in [-0.2, 0) is 20.0 Å². The fourth-order valence-electron chi connectivity index (χ4n) is 3.26. The Kier molecular flexibility index (Phi) is 18.1. The first kappa shape index (κ1) is 37.3. The highest BCUT2D eigenvalue weighted by atomic mass is 32.2. The summed E-state index contributed by atoms with van der Waals surface area (Å²) in [6, 6.07) is 5.58. The molecule has 1 aliphatic carbocycles. The quantitative estimate of drug-likeness (QED) is 0.262. The van der Waals surface area contributed by atoms with Crippen molar-refractivity contribution in [1.29, 1.82) is 0 Å². The lowest BCUT2D eigenvalue weighted by atomic mass is 10.0. The summed E-state index contributed by atoms with van der Waals surface area (Å²) in [7, 11) is -6.70. The summed E-state index contributed by atoms with van der Waals surface area (Å²) < 4.78 is 52.1. The van der Waals surface area contributed by atoms with Crippen LogP contribution >= 0.6 is 0 Å². The highest BCUT2D eigenvalue weighted by molar-refractivity contribution is 7.93. The molecule has 0 aliphatic heterocycles. The molecule has 0 aromatic heterocycles. The van der Waals surface area contributed by atoms with Crippen molar-refractivity contribution in [3.8, 4) is 0 Å². The van der Waals surface area contributed by atoms with E-state index in [4.69, 9.17) is 0 Å². The van der Waals surface area contributed by atoms with E-state index in [2.05, 4.69) is 22.6 Å². The summed E-state index contributed by atoms with van der Waals surface area (Å²) in [5.74, 6) is 0.101. The number of aryl methyl sites for hydroxylation is 2. The first-order valence-electron chi connectivity index (χ1n) is 12.6. The predicted molar refractivity (Wildman–Crippen MR) is 167 cm³/mol. The van der Waals surface area contributed by atoms with Gasteiger partial charge in [-0.2, -0.15) is 0 Å². The highest BCUT2D eigenvalue weighted by Gasteiger charge is 2.19. The van der Waals surface area contributed by atoms with Crippen LogP contribution in [0.1, 0.15) is 66.0 Å². The minimum absolute atomic E-state index is 0.101. The SMILES string of the molecule is C=C.CC.CC(C)=C/C(C)=C(/NS(=O)(=O)C1=CCC=CC=C1)C(C)C.Cc1ccc(NS(C)(=O)=O)c(C)c1. The number of sulfonamides is 2. The summed E-state index contributed by atoms with van der Waals surface area (Å²) in [5.41, 5.74) is 5.53. The first-order valence-corrected chi connectivity index (χ1v) is 16.0. The van der Waals surface area contributed by atoms with E-state index in [1.165, 1.54) is 0 Å². The van der Waals surface area contributed by atoms with Gasteiger partial charge >= 0.3 is 0 Å². The van der Waals surface area contributed by atoms with Crippen molar-refractivity contribution in [2.24, 2.45) is 5.92 Å². The van der Waals surface area contributed by atoms with Crippen molar-refractivity contribution >= 4 is 25.7 Å². The van der Waals surface area contributed by atoms with Gasteiger partial charge in [0.1, 0.15) is 0 Å². The molecule has 38 heavy (non-hydrogen) atoms. The van der Waals surface area contributed by atoms with Crippen LogP contribution < -0.4 is 9.44 Å². The molecule has 6 nitrogen and oxygen atoms in total. The first-order chi connectivity index (χ1) is 17.6. The Morgan fingerprint density at radius 2 is 1.58 bits per heavy atom. The van der Waals surface area contributed by atoms with Crippen LogP contribution in [0.2, 0.25) is 0 Å². The molecule has 2 rings (SSSR count). The van der Waals surface area contributed by atoms with Crippen LogP contribution in [0, 0.1) is 19.8 Å². The number of anilines is 1. The topological polar surface area (TPSA) is 92.3 Å². The van der Waals surface area contributed by atoms with Crippen molar-refractivity contribution in [3.63, 3.8) is 0 Å². The third kappa shape index (κ3) is 15.4. The fraction of sp³-hybridized carbons (Fsp3) is 0.400. The molecule has 1 aliphatic rings. The molecule has 2 N–H and O–H groups in total. The third-order valence-electron chi connectivity index (χ3n) is 4.70. The molecule has 8 heteroatoms. The molecule has 0 heterocycles. The Morgan fingerprint density at radius 3 is 2.05 bits per heavy atom. The van der Waals surface area contributed by atoms with E-state index in [1.807, 2.05) is 92.7 Å². The number of hydrogen-bond acceptors (Lipinski definition) is 4. The fourth-order valence-corrected chi connectivity index (χ4v) is 5.26. The van der Waals surface area contributed by atoms with E-state index in [0.717, 1.165) is 34.2 Å². The van der Waals surface area contributed by atoms with Crippen molar-refractivity contribution in [1.82, 2.24) is 4.72 Å². The average molecular weight is 565 g/mol. The second kappa shape index (κ2) is 18.4.